The summed E-state index contributed by atoms with van der Waals surface area (Å²) in [6, 6.07) is 6.51. The minimum atomic E-state index is 0.176. The Morgan fingerprint density at radius 3 is 2.50 bits per heavy atom. The average Bonchev–Trinajstić information content (AvgIpc) is 2.44. The van der Waals surface area contributed by atoms with Crippen LogP contribution in [0.2, 0.25) is 0 Å². The van der Waals surface area contributed by atoms with Crippen LogP contribution in [-0.2, 0) is 4.74 Å². The van der Waals surface area contributed by atoms with E-state index in [0.29, 0.717) is 0 Å². The predicted molar refractivity (Wildman–Crippen MR) is 84.5 cm³/mol. The van der Waals surface area contributed by atoms with E-state index < -0.39 is 0 Å². The quantitative estimate of drug-likeness (QED) is 0.744. The third-order valence-corrected chi connectivity index (χ3v) is 3.47. The Labute approximate surface area is 123 Å². The summed E-state index contributed by atoms with van der Waals surface area (Å²) >= 11 is 0. The number of likely N-dealkylation sites (N-methyl/N-ethyl adjacent to an activating group) is 1. The number of methoxy groups -OCH3 is 1. The normalized spacial score (nSPS) is 14.1. The zero-order valence-corrected chi connectivity index (χ0v) is 13.5. The molecule has 0 amide bonds. The Balaban J connectivity index is 3.12. The Hall–Kier alpha value is -1.06. The van der Waals surface area contributed by atoms with Crippen molar-refractivity contribution >= 4 is 0 Å². The highest BCUT2D eigenvalue weighted by molar-refractivity contribution is 5.39. The summed E-state index contributed by atoms with van der Waals surface area (Å²) in [5.74, 6) is 0.933. The fraction of sp³-hybridized carbons (Fsp3) is 0.647. The van der Waals surface area contributed by atoms with Gasteiger partial charge in [-0.2, -0.15) is 0 Å². The van der Waals surface area contributed by atoms with E-state index in [-0.39, 0.29) is 12.1 Å². The van der Waals surface area contributed by atoms with Gasteiger partial charge >= 0.3 is 0 Å². The minimum Gasteiger partial charge on any atom is -0.496 e. The molecule has 1 N–H and O–H groups in total. The molecule has 0 saturated carbocycles. The van der Waals surface area contributed by atoms with Crippen LogP contribution in [0.1, 0.15) is 50.8 Å². The molecule has 0 spiro atoms. The van der Waals surface area contributed by atoms with Crippen LogP contribution in [0.3, 0.4) is 0 Å². The maximum Gasteiger partial charge on any atom is 0.123 e. The molecule has 20 heavy (non-hydrogen) atoms. The molecule has 0 bridgehead atoms. The van der Waals surface area contributed by atoms with E-state index in [2.05, 4.69) is 45.1 Å². The van der Waals surface area contributed by atoms with E-state index in [9.17, 15) is 0 Å². The van der Waals surface area contributed by atoms with Crippen LogP contribution in [0, 0.1) is 6.92 Å². The van der Waals surface area contributed by atoms with E-state index in [1.165, 1.54) is 11.1 Å². The van der Waals surface area contributed by atoms with Gasteiger partial charge in [-0.3, -0.25) is 0 Å². The molecular formula is C17H29NO2. The van der Waals surface area contributed by atoms with Crippen molar-refractivity contribution < 1.29 is 9.47 Å². The molecule has 0 aliphatic rings. The predicted octanol–water partition coefficient (Wildman–Crippen LogP) is 3.86. The molecule has 1 rings (SSSR count). The Morgan fingerprint density at radius 1 is 1.20 bits per heavy atom. The molecule has 0 radical (unpaired) electrons. The van der Waals surface area contributed by atoms with E-state index >= 15 is 0 Å². The second-order valence-electron chi connectivity index (χ2n) is 5.06. The molecule has 2 atom stereocenters. The molecule has 2 unspecified atom stereocenters. The molecule has 3 nitrogen and oxygen atoms in total. The third kappa shape index (κ3) is 4.50. The highest BCUT2D eigenvalue weighted by Crippen LogP contribution is 2.31. The van der Waals surface area contributed by atoms with Crippen molar-refractivity contribution in [3.63, 3.8) is 0 Å². The summed E-state index contributed by atoms with van der Waals surface area (Å²) in [6.07, 6.45) is 2.34. The second kappa shape index (κ2) is 8.98. The number of hydrogen-bond acceptors (Lipinski definition) is 3. The number of rotatable bonds is 9. The van der Waals surface area contributed by atoms with E-state index in [4.69, 9.17) is 9.47 Å². The lowest BCUT2D eigenvalue weighted by atomic mass is 9.95. The minimum absolute atomic E-state index is 0.176. The van der Waals surface area contributed by atoms with Crippen molar-refractivity contribution in [3.05, 3.63) is 29.3 Å². The molecule has 0 heterocycles. The van der Waals surface area contributed by atoms with Gasteiger partial charge in [0.2, 0.25) is 0 Å². The third-order valence-electron chi connectivity index (χ3n) is 3.47. The van der Waals surface area contributed by atoms with Gasteiger partial charge in [0.25, 0.3) is 0 Å². The number of ether oxygens (including phenoxy) is 2. The van der Waals surface area contributed by atoms with Crippen molar-refractivity contribution in [2.75, 3.05) is 20.3 Å². The van der Waals surface area contributed by atoms with Crippen LogP contribution in [0.25, 0.3) is 0 Å². The van der Waals surface area contributed by atoms with Gasteiger partial charge in [0.05, 0.1) is 19.3 Å². The lowest BCUT2D eigenvalue weighted by Gasteiger charge is -2.29. The smallest absolute Gasteiger partial charge is 0.123 e. The van der Waals surface area contributed by atoms with Crippen LogP contribution in [0.15, 0.2) is 18.2 Å². The molecule has 114 valence electrons. The summed E-state index contributed by atoms with van der Waals surface area (Å²) in [5.41, 5.74) is 2.44. The summed E-state index contributed by atoms with van der Waals surface area (Å²) in [7, 11) is 1.73. The van der Waals surface area contributed by atoms with Crippen LogP contribution in [-0.4, -0.2) is 26.4 Å². The van der Waals surface area contributed by atoms with Crippen LogP contribution in [0.5, 0.6) is 5.75 Å². The fourth-order valence-electron chi connectivity index (χ4n) is 2.60. The first-order valence-electron chi connectivity index (χ1n) is 7.67. The van der Waals surface area contributed by atoms with Crippen LogP contribution >= 0.6 is 0 Å². The van der Waals surface area contributed by atoms with Gasteiger partial charge in [0.15, 0.2) is 0 Å². The Kier molecular flexibility index (Phi) is 7.63. The fourth-order valence-corrected chi connectivity index (χ4v) is 2.60. The zero-order valence-electron chi connectivity index (χ0n) is 13.5. The molecule has 0 aliphatic carbocycles. The van der Waals surface area contributed by atoms with Gasteiger partial charge in [0.1, 0.15) is 5.75 Å². The number of aryl methyl sites for hydroxylation is 1. The molecule has 1 aromatic carbocycles. The summed E-state index contributed by atoms with van der Waals surface area (Å²) in [4.78, 5) is 0. The molecular weight excluding hydrogens is 250 g/mol. The van der Waals surface area contributed by atoms with E-state index in [0.717, 1.165) is 31.7 Å². The lowest BCUT2D eigenvalue weighted by molar-refractivity contribution is 0.0274. The standard InChI is InChI=1S/C17H29NO2/c1-6-9-16(20-8-3)17(18-7-2)14-12-13(4)10-11-15(14)19-5/h10-12,16-18H,6-9H2,1-5H3. The average molecular weight is 279 g/mol. The molecule has 3 heteroatoms. The zero-order chi connectivity index (χ0) is 15.0. The van der Waals surface area contributed by atoms with Gasteiger partial charge in [-0.15, -0.1) is 0 Å². The second-order valence-corrected chi connectivity index (χ2v) is 5.06. The first-order chi connectivity index (χ1) is 9.67. The molecule has 1 aromatic rings. The van der Waals surface area contributed by atoms with Gasteiger partial charge in [-0.05, 0) is 32.9 Å². The largest absolute Gasteiger partial charge is 0.496 e. The highest BCUT2D eigenvalue weighted by Gasteiger charge is 2.25. The highest BCUT2D eigenvalue weighted by atomic mass is 16.5. The molecule has 0 aromatic heterocycles. The first kappa shape index (κ1) is 17.0. The molecule has 0 fully saturated rings. The summed E-state index contributed by atoms with van der Waals surface area (Å²) in [6.45, 7) is 10.1. The van der Waals surface area contributed by atoms with Gasteiger partial charge in [0, 0.05) is 12.2 Å². The van der Waals surface area contributed by atoms with Crippen LogP contribution < -0.4 is 10.1 Å². The number of hydrogen-bond donors (Lipinski definition) is 1. The van der Waals surface area contributed by atoms with Crippen molar-refractivity contribution in [1.82, 2.24) is 5.32 Å². The van der Waals surface area contributed by atoms with Crippen molar-refractivity contribution in [2.45, 2.75) is 52.7 Å². The van der Waals surface area contributed by atoms with Gasteiger partial charge in [-0.25, -0.2) is 0 Å². The molecule has 0 aliphatic heterocycles. The van der Waals surface area contributed by atoms with E-state index in [1.54, 1.807) is 7.11 Å². The SMILES string of the molecule is CCCC(OCC)C(NCC)c1cc(C)ccc1OC. The molecule has 0 saturated heterocycles. The number of nitrogens with one attached hydrogen (secondary N) is 1. The van der Waals surface area contributed by atoms with Gasteiger partial charge < -0.3 is 14.8 Å². The maximum absolute atomic E-state index is 5.97. The Bertz CT molecular complexity index is 387. The van der Waals surface area contributed by atoms with Crippen LogP contribution in [0.4, 0.5) is 0 Å². The lowest BCUT2D eigenvalue weighted by Crippen LogP contribution is -2.34. The van der Waals surface area contributed by atoms with E-state index in [1.807, 2.05) is 6.07 Å². The number of benzene rings is 1. The first-order valence-corrected chi connectivity index (χ1v) is 7.67. The topological polar surface area (TPSA) is 30.5 Å². The maximum atomic E-state index is 5.97. The van der Waals surface area contributed by atoms with Crippen molar-refractivity contribution in [3.8, 4) is 5.75 Å². The van der Waals surface area contributed by atoms with Gasteiger partial charge in [-0.1, -0.05) is 38.0 Å². The van der Waals surface area contributed by atoms with Crippen molar-refractivity contribution in [1.29, 1.82) is 0 Å². The summed E-state index contributed by atoms with van der Waals surface area (Å²) < 4.78 is 11.5. The summed E-state index contributed by atoms with van der Waals surface area (Å²) in [5, 5.41) is 3.57. The monoisotopic (exact) mass is 279 g/mol. The Morgan fingerprint density at radius 2 is 1.95 bits per heavy atom. The van der Waals surface area contributed by atoms with Crippen molar-refractivity contribution in [2.24, 2.45) is 0 Å².